The number of unbranched alkanes of at least 4 members (excludes halogenated alkanes) is 4. The van der Waals surface area contributed by atoms with Crippen LogP contribution in [-0.4, -0.2) is 51.4 Å². The molecule has 0 radical (unpaired) electrons. The molecule has 10 heteroatoms. The smallest absolute Gasteiger partial charge is 0.326 e. The molecule has 1 aromatic rings. The number of aliphatic carboxylic acids is 1. The number of benzene rings is 1. The molecule has 1 aliphatic rings. The fraction of sp³-hybridized carbons (Fsp3) is 0.520. The van der Waals surface area contributed by atoms with Crippen LogP contribution in [0.5, 0.6) is 11.5 Å². The molecule has 0 saturated carbocycles. The number of methoxy groups -OCH3 is 1. The van der Waals surface area contributed by atoms with Crippen molar-refractivity contribution in [2.24, 2.45) is 5.73 Å². The zero-order valence-electron chi connectivity index (χ0n) is 20.5. The van der Waals surface area contributed by atoms with Crippen molar-refractivity contribution in [2.75, 3.05) is 7.11 Å². The third-order valence-corrected chi connectivity index (χ3v) is 6.94. The molecule has 3 N–H and O–H groups in total. The second kappa shape index (κ2) is 14.1. The predicted molar refractivity (Wildman–Crippen MR) is 141 cm³/mol. The van der Waals surface area contributed by atoms with Gasteiger partial charge in [-0.3, -0.25) is 14.5 Å². The molecule has 2 rings (SSSR count). The van der Waals surface area contributed by atoms with Crippen LogP contribution in [-0.2, 0) is 14.4 Å². The Kier molecular flexibility index (Phi) is 11.5. The lowest BCUT2D eigenvalue weighted by atomic mass is 10.1. The van der Waals surface area contributed by atoms with E-state index >= 15 is 0 Å². The summed E-state index contributed by atoms with van der Waals surface area (Å²) in [5.41, 5.74) is 5.83. The maximum atomic E-state index is 13.0. The summed E-state index contributed by atoms with van der Waals surface area (Å²) in [6.45, 7) is 4.23. The Hall–Kier alpha value is -2.59. The summed E-state index contributed by atoms with van der Waals surface area (Å²) >= 11 is 6.28. The van der Waals surface area contributed by atoms with Gasteiger partial charge in [0.25, 0.3) is 5.91 Å². The summed E-state index contributed by atoms with van der Waals surface area (Å²) in [6, 6.07) is 4.11. The van der Waals surface area contributed by atoms with Crippen molar-refractivity contribution in [2.45, 2.75) is 77.4 Å². The van der Waals surface area contributed by atoms with E-state index in [1.807, 2.05) is 6.92 Å². The van der Waals surface area contributed by atoms with E-state index in [4.69, 9.17) is 27.4 Å². The number of carboxylic acid groups (broad SMARTS) is 1. The fourth-order valence-corrected chi connectivity index (χ4v) is 5.08. The van der Waals surface area contributed by atoms with Crippen LogP contribution in [0.3, 0.4) is 0 Å². The van der Waals surface area contributed by atoms with Crippen molar-refractivity contribution in [1.82, 2.24) is 4.90 Å². The average molecular weight is 523 g/mol. The number of ether oxygens (including phenoxy) is 2. The van der Waals surface area contributed by atoms with Crippen LogP contribution < -0.4 is 15.2 Å². The molecule has 0 aliphatic carbocycles. The SMILES string of the molecule is CCCCCCC[C@@H](C)Oc1ccc(/C=C2/SC(=S)N([C@H](CCC(N)=O)C(=O)O)C2=O)cc1OC. The van der Waals surface area contributed by atoms with E-state index in [2.05, 4.69) is 6.92 Å². The minimum Gasteiger partial charge on any atom is -0.493 e. The van der Waals surface area contributed by atoms with Crippen molar-refractivity contribution in [1.29, 1.82) is 0 Å². The first-order chi connectivity index (χ1) is 16.7. The van der Waals surface area contributed by atoms with Crippen LogP contribution in [0.2, 0.25) is 0 Å². The summed E-state index contributed by atoms with van der Waals surface area (Å²) in [6.07, 6.45) is 8.38. The van der Waals surface area contributed by atoms with E-state index in [9.17, 15) is 19.5 Å². The third kappa shape index (κ3) is 8.54. The first-order valence-electron chi connectivity index (χ1n) is 11.8. The highest BCUT2D eigenvalue weighted by atomic mass is 32.2. The Balaban J connectivity index is 2.11. The maximum absolute atomic E-state index is 13.0. The van der Waals surface area contributed by atoms with Gasteiger partial charge in [0, 0.05) is 6.42 Å². The molecule has 0 aromatic heterocycles. The highest BCUT2D eigenvalue weighted by Gasteiger charge is 2.40. The monoisotopic (exact) mass is 522 g/mol. The summed E-state index contributed by atoms with van der Waals surface area (Å²) in [7, 11) is 1.55. The molecular formula is C25H34N2O6S2. The van der Waals surface area contributed by atoms with E-state index in [1.54, 1.807) is 31.4 Å². The Morgan fingerprint density at radius 1 is 1.20 bits per heavy atom. The van der Waals surface area contributed by atoms with Crippen LogP contribution in [0.4, 0.5) is 0 Å². The van der Waals surface area contributed by atoms with Crippen molar-refractivity contribution in [3.63, 3.8) is 0 Å². The largest absolute Gasteiger partial charge is 0.493 e. The number of nitrogens with two attached hydrogens (primary N) is 1. The molecule has 192 valence electrons. The second-order valence-electron chi connectivity index (χ2n) is 8.45. The second-order valence-corrected chi connectivity index (χ2v) is 10.1. The van der Waals surface area contributed by atoms with Crippen molar-refractivity contribution >= 4 is 52.2 Å². The molecule has 35 heavy (non-hydrogen) atoms. The highest BCUT2D eigenvalue weighted by molar-refractivity contribution is 8.26. The van der Waals surface area contributed by atoms with E-state index < -0.39 is 23.8 Å². The van der Waals surface area contributed by atoms with Crippen molar-refractivity contribution < 1.29 is 29.0 Å². The summed E-state index contributed by atoms with van der Waals surface area (Å²) in [4.78, 5) is 37.1. The normalized spacial score (nSPS) is 16.4. The first kappa shape index (κ1) is 28.6. The van der Waals surface area contributed by atoms with E-state index in [-0.39, 0.29) is 28.2 Å². The number of carboxylic acids is 1. The quantitative estimate of drug-likeness (QED) is 0.193. The highest BCUT2D eigenvalue weighted by Crippen LogP contribution is 2.36. The van der Waals surface area contributed by atoms with Gasteiger partial charge in [-0.1, -0.05) is 62.7 Å². The van der Waals surface area contributed by atoms with Gasteiger partial charge in [-0.2, -0.15) is 0 Å². The number of carbonyl (C=O) groups is 3. The third-order valence-electron chi connectivity index (χ3n) is 5.61. The van der Waals surface area contributed by atoms with E-state index in [0.717, 1.165) is 29.5 Å². The minimum absolute atomic E-state index is 0.0426. The summed E-state index contributed by atoms with van der Waals surface area (Å²) in [5, 5.41) is 9.56. The Bertz CT molecular complexity index is 965. The van der Waals surface area contributed by atoms with Crippen LogP contribution in [0.25, 0.3) is 6.08 Å². The van der Waals surface area contributed by atoms with Crippen LogP contribution in [0, 0.1) is 0 Å². The molecule has 1 aromatic carbocycles. The predicted octanol–water partition coefficient (Wildman–Crippen LogP) is 4.74. The average Bonchev–Trinajstić information content (AvgIpc) is 3.07. The van der Waals surface area contributed by atoms with Crippen LogP contribution in [0.15, 0.2) is 23.1 Å². The molecular weight excluding hydrogens is 488 g/mol. The van der Waals surface area contributed by atoms with Gasteiger partial charge in [-0.05, 0) is 50.0 Å². The zero-order chi connectivity index (χ0) is 26.0. The number of thioether (sulfide) groups is 1. The lowest BCUT2D eigenvalue weighted by Crippen LogP contribution is -2.44. The van der Waals surface area contributed by atoms with Crippen molar-refractivity contribution in [3.8, 4) is 11.5 Å². The van der Waals surface area contributed by atoms with Gasteiger partial charge in [0.15, 0.2) is 11.5 Å². The van der Waals surface area contributed by atoms with Gasteiger partial charge in [-0.25, -0.2) is 4.79 Å². The molecule has 1 aliphatic heterocycles. The maximum Gasteiger partial charge on any atom is 0.326 e. The van der Waals surface area contributed by atoms with E-state index in [0.29, 0.717) is 17.1 Å². The Morgan fingerprint density at radius 2 is 1.91 bits per heavy atom. The number of primary amides is 1. The van der Waals surface area contributed by atoms with Gasteiger partial charge in [0.1, 0.15) is 10.4 Å². The molecule has 2 amide bonds. The van der Waals surface area contributed by atoms with Gasteiger partial charge < -0.3 is 20.3 Å². The lowest BCUT2D eigenvalue weighted by Gasteiger charge is -2.22. The Labute approximate surface area is 216 Å². The number of thiocarbonyl (C=S) groups is 1. The number of carbonyl (C=O) groups excluding carboxylic acids is 2. The van der Waals surface area contributed by atoms with E-state index in [1.165, 1.54) is 25.7 Å². The molecule has 1 heterocycles. The topological polar surface area (TPSA) is 119 Å². The van der Waals surface area contributed by atoms with Crippen molar-refractivity contribution in [3.05, 3.63) is 28.7 Å². The molecule has 0 spiro atoms. The first-order valence-corrected chi connectivity index (χ1v) is 13.0. The van der Waals surface area contributed by atoms with Gasteiger partial charge in [0.05, 0.1) is 18.1 Å². The molecule has 1 saturated heterocycles. The minimum atomic E-state index is -1.25. The molecule has 8 nitrogen and oxygen atoms in total. The molecule has 2 atom stereocenters. The Morgan fingerprint density at radius 3 is 2.54 bits per heavy atom. The fourth-order valence-electron chi connectivity index (χ4n) is 3.72. The van der Waals surface area contributed by atoms with Gasteiger partial charge in [-0.15, -0.1) is 0 Å². The van der Waals surface area contributed by atoms with Gasteiger partial charge in [0.2, 0.25) is 5.91 Å². The van der Waals surface area contributed by atoms with Crippen LogP contribution in [0.1, 0.15) is 70.8 Å². The number of nitrogens with zero attached hydrogens (tertiary/aromatic N) is 1. The zero-order valence-corrected chi connectivity index (χ0v) is 22.1. The summed E-state index contributed by atoms with van der Waals surface area (Å²) < 4.78 is 11.7. The molecule has 1 fully saturated rings. The van der Waals surface area contributed by atoms with Crippen LogP contribution >= 0.6 is 24.0 Å². The lowest BCUT2D eigenvalue weighted by molar-refractivity contribution is -0.145. The standard InChI is InChI=1S/C25H34N2O6S2/c1-4-5-6-7-8-9-16(2)33-19-12-10-17(14-20(19)32-3)15-21-23(29)27(25(34)35-21)18(24(30)31)11-13-22(26)28/h10,12,14-16,18H,4-9,11,13H2,1-3H3,(H2,26,28)(H,30,31)/b21-15+/t16-,18-/m1/s1. The number of hydrogen-bond acceptors (Lipinski definition) is 7. The summed E-state index contributed by atoms with van der Waals surface area (Å²) in [5.74, 6) is -1.25. The van der Waals surface area contributed by atoms with Gasteiger partial charge >= 0.3 is 5.97 Å². The molecule has 0 unspecified atom stereocenters. The number of hydrogen-bond donors (Lipinski definition) is 2. The number of amides is 2. The molecule has 0 bridgehead atoms. The number of rotatable bonds is 15.